The van der Waals surface area contributed by atoms with E-state index in [0.29, 0.717) is 10.3 Å². The number of aromatic nitrogens is 2. The highest BCUT2D eigenvalue weighted by molar-refractivity contribution is 7.99. The Bertz CT molecular complexity index is 577. The number of thiocarbonyl (C=S) groups is 1. The van der Waals surface area contributed by atoms with E-state index in [1.165, 1.54) is 11.8 Å². The maximum absolute atomic E-state index is 12.0. The Morgan fingerprint density at radius 2 is 2.04 bits per heavy atom. The van der Waals surface area contributed by atoms with Crippen LogP contribution < -0.4 is 21.7 Å². The zero-order valence-corrected chi connectivity index (χ0v) is 15.0. The van der Waals surface area contributed by atoms with Crippen LogP contribution in [-0.2, 0) is 0 Å². The first-order chi connectivity index (χ1) is 11.1. The van der Waals surface area contributed by atoms with Gasteiger partial charge in [0.25, 0.3) is 11.5 Å². The number of nitrogens with one attached hydrogen (secondary N) is 4. The van der Waals surface area contributed by atoms with Crippen molar-refractivity contribution in [1.29, 1.82) is 0 Å². The van der Waals surface area contributed by atoms with Crippen LogP contribution in [-0.4, -0.2) is 33.3 Å². The molecule has 0 unspecified atom stereocenters. The Balaban J connectivity index is 2.55. The zero-order chi connectivity index (χ0) is 17.1. The second-order valence-electron chi connectivity index (χ2n) is 4.83. The van der Waals surface area contributed by atoms with Crippen molar-refractivity contribution in [1.82, 2.24) is 26.1 Å². The number of unbranched alkanes of at least 4 members (excludes halogenated alkanes) is 2. The summed E-state index contributed by atoms with van der Waals surface area (Å²) in [5, 5.41) is 3.73. The van der Waals surface area contributed by atoms with Crippen molar-refractivity contribution in [2.24, 2.45) is 0 Å². The molecule has 1 aromatic heterocycles. The molecule has 0 aliphatic carbocycles. The molecule has 23 heavy (non-hydrogen) atoms. The van der Waals surface area contributed by atoms with Crippen molar-refractivity contribution in [3.05, 3.63) is 22.1 Å². The second-order valence-corrected chi connectivity index (χ2v) is 6.32. The summed E-state index contributed by atoms with van der Waals surface area (Å²) in [5.74, 6) is 0.335. The minimum Gasteiger partial charge on any atom is -0.361 e. The number of carbonyl (C=O) groups is 1. The number of amides is 1. The third-order valence-corrected chi connectivity index (χ3v) is 4.00. The highest BCUT2D eigenvalue weighted by Gasteiger charge is 2.10. The van der Waals surface area contributed by atoms with Gasteiger partial charge in [-0.1, -0.05) is 38.5 Å². The summed E-state index contributed by atoms with van der Waals surface area (Å²) in [6.07, 6.45) is 4.12. The molecule has 4 N–H and O–H groups in total. The normalized spacial score (nSPS) is 10.2. The number of rotatable bonds is 8. The lowest BCUT2D eigenvalue weighted by molar-refractivity contribution is 0.0937. The van der Waals surface area contributed by atoms with E-state index in [9.17, 15) is 9.59 Å². The first-order valence-corrected chi connectivity index (χ1v) is 9.04. The van der Waals surface area contributed by atoms with Gasteiger partial charge in [-0.2, -0.15) is 0 Å². The number of aromatic amines is 1. The number of carbonyl (C=O) groups excluding carboxylic acids is 1. The quantitative estimate of drug-likeness (QED) is 0.184. The van der Waals surface area contributed by atoms with Crippen LogP contribution in [0.2, 0.25) is 0 Å². The molecular formula is C14H23N5O2S2. The van der Waals surface area contributed by atoms with E-state index in [2.05, 4.69) is 40.0 Å². The van der Waals surface area contributed by atoms with Crippen LogP contribution >= 0.6 is 24.0 Å². The van der Waals surface area contributed by atoms with Crippen molar-refractivity contribution >= 4 is 35.0 Å². The van der Waals surface area contributed by atoms with Gasteiger partial charge in [-0.15, -0.1) is 0 Å². The molecule has 128 valence electrons. The number of H-pyrrole nitrogens is 1. The zero-order valence-electron chi connectivity index (χ0n) is 13.4. The molecule has 0 saturated heterocycles. The molecule has 9 heteroatoms. The standard InChI is InChI=1S/C14H23N5O2S2/c1-3-5-7-15-13(22)19-18-12(21)10-9-11(20)17-14(16-10)23-8-6-4-2/h9H,3-8H2,1-2H3,(H,18,21)(H2,15,19,22)(H,16,17,20). The molecule has 1 heterocycles. The van der Waals surface area contributed by atoms with Gasteiger partial charge in [0, 0.05) is 18.4 Å². The monoisotopic (exact) mass is 357 g/mol. The lowest BCUT2D eigenvalue weighted by atomic mass is 10.3. The summed E-state index contributed by atoms with van der Waals surface area (Å²) in [4.78, 5) is 30.4. The molecule has 7 nitrogen and oxygen atoms in total. The highest BCUT2D eigenvalue weighted by Crippen LogP contribution is 2.13. The molecule has 1 rings (SSSR count). The molecule has 0 saturated carbocycles. The van der Waals surface area contributed by atoms with Gasteiger partial charge < -0.3 is 10.3 Å². The van der Waals surface area contributed by atoms with E-state index in [-0.39, 0.29) is 11.3 Å². The van der Waals surface area contributed by atoms with Gasteiger partial charge in [0.1, 0.15) is 5.69 Å². The first-order valence-electron chi connectivity index (χ1n) is 7.65. The lowest BCUT2D eigenvalue weighted by Gasteiger charge is -2.11. The lowest BCUT2D eigenvalue weighted by Crippen LogP contribution is -2.47. The SMILES string of the molecule is CCCCNC(=S)NNC(=O)c1cc(=O)[nH]c(SCCCC)n1. The van der Waals surface area contributed by atoms with Crippen molar-refractivity contribution in [2.45, 2.75) is 44.7 Å². The van der Waals surface area contributed by atoms with E-state index in [1.54, 1.807) is 0 Å². The highest BCUT2D eigenvalue weighted by atomic mass is 32.2. The van der Waals surface area contributed by atoms with Crippen molar-refractivity contribution in [2.75, 3.05) is 12.3 Å². The number of hydrogen-bond donors (Lipinski definition) is 4. The maximum atomic E-state index is 12.0. The fraction of sp³-hybridized carbons (Fsp3) is 0.571. The number of nitrogens with zero attached hydrogens (tertiary/aromatic N) is 1. The van der Waals surface area contributed by atoms with Gasteiger partial charge in [-0.25, -0.2) is 4.98 Å². The van der Waals surface area contributed by atoms with Crippen LogP contribution in [0, 0.1) is 0 Å². The van der Waals surface area contributed by atoms with Gasteiger partial charge in [0.2, 0.25) is 0 Å². The van der Waals surface area contributed by atoms with Crippen molar-refractivity contribution in [3.63, 3.8) is 0 Å². The maximum Gasteiger partial charge on any atom is 0.288 e. The van der Waals surface area contributed by atoms with Gasteiger partial charge >= 0.3 is 0 Å². The van der Waals surface area contributed by atoms with Crippen LogP contribution in [0.1, 0.15) is 50.0 Å². The largest absolute Gasteiger partial charge is 0.361 e. The average molecular weight is 358 g/mol. The molecule has 0 aliphatic rings. The summed E-state index contributed by atoms with van der Waals surface area (Å²) in [7, 11) is 0. The number of hydrogen-bond acceptors (Lipinski definition) is 5. The molecule has 0 aromatic carbocycles. The summed E-state index contributed by atoms with van der Waals surface area (Å²) in [6, 6.07) is 1.16. The van der Waals surface area contributed by atoms with Crippen molar-refractivity contribution < 1.29 is 4.79 Å². The Morgan fingerprint density at radius 1 is 1.30 bits per heavy atom. The number of hydrazine groups is 1. The van der Waals surface area contributed by atoms with Crippen LogP contribution in [0.3, 0.4) is 0 Å². The van der Waals surface area contributed by atoms with E-state index in [4.69, 9.17) is 12.2 Å². The van der Waals surface area contributed by atoms with Gasteiger partial charge in [-0.3, -0.25) is 20.4 Å². The Morgan fingerprint density at radius 3 is 2.74 bits per heavy atom. The summed E-state index contributed by atoms with van der Waals surface area (Å²) < 4.78 is 0. The minimum atomic E-state index is -0.506. The fourth-order valence-electron chi connectivity index (χ4n) is 1.53. The van der Waals surface area contributed by atoms with Crippen LogP contribution in [0.25, 0.3) is 0 Å². The molecule has 0 spiro atoms. The third kappa shape index (κ3) is 7.98. The second kappa shape index (κ2) is 11.0. The summed E-state index contributed by atoms with van der Waals surface area (Å²) >= 11 is 6.45. The molecule has 0 radical (unpaired) electrons. The van der Waals surface area contributed by atoms with E-state index in [1.807, 2.05) is 0 Å². The van der Waals surface area contributed by atoms with E-state index in [0.717, 1.165) is 44.0 Å². The van der Waals surface area contributed by atoms with E-state index >= 15 is 0 Å². The predicted octanol–water partition coefficient (Wildman–Crippen LogP) is 1.57. The number of thioether (sulfide) groups is 1. The van der Waals surface area contributed by atoms with Crippen LogP contribution in [0.15, 0.2) is 16.0 Å². The van der Waals surface area contributed by atoms with Crippen molar-refractivity contribution in [3.8, 4) is 0 Å². The molecule has 0 atom stereocenters. The van der Waals surface area contributed by atoms with Gasteiger partial charge in [-0.05, 0) is 25.1 Å². The molecule has 0 bridgehead atoms. The minimum absolute atomic E-state index is 0.0524. The van der Waals surface area contributed by atoms with Gasteiger partial charge in [0.05, 0.1) is 0 Å². The summed E-state index contributed by atoms with van der Waals surface area (Å²) in [5.41, 5.74) is 4.72. The summed E-state index contributed by atoms with van der Waals surface area (Å²) in [6.45, 7) is 4.90. The smallest absolute Gasteiger partial charge is 0.288 e. The molecule has 1 amide bonds. The molecule has 1 aromatic rings. The average Bonchev–Trinajstić information content (AvgIpc) is 2.52. The Kier molecular flexibility index (Phi) is 9.30. The first kappa shape index (κ1) is 19.4. The topological polar surface area (TPSA) is 98.9 Å². The van der Waals surface area contributed by atoms with E-state index < -0.39 is 5.91 Å². The third-order valence-electron chi connectivity index (χ3n) is 2.79. The fourth-order valence-corrected chi connectivity index (χ4v) is 2.65. The van der Waals surface area contributed by atoms with Crippen LogP contribution in [0.4, 0.5) is 0 Å². The molecular weight excluding hydrogens is 334 g/mol. The predicted molar refractivity (Wildman–Crippen MR) is 96.6 cm³/mol. The Hall–Kier alpha value is -1.61. The Labute approximate surface area is 145 Å². The van der Waals surface area contributed by atoms with Gasteiger partial charge in [0.15, 0.2) is 10.3 Å². The molecule has 0 aliphatic heterocycles. The molecule has 0 fully saturated rings. The van der Waals surface area contributed by atoms with Crippen LogP contribution in [0.5, 0.6) is 0 Å².